The molecule has 0 saturated heterocycles. The van der Waals surface area contributed by atoms with Crippen LogP contribution in [0.3, 0.4) is 0 Å². The molecule has 0 saturated carbocycles. The van der Waals surface area contributed by atoms with Crippen molar-refractivity contribution in [2.45, 2.75) is 25.8 Å². The van der Waals surface area contributed by atoms with E-state index in [9.17, 15) is 4.79 Å². The van der Waals surface area contributed by atoms with Gasteiger partial charge in [0.2, 0.25) is 0 Å². The lowest BCUT2D eigenvalue weighted by molar-refractivity contribution is -0.144. The van der Waals surface area contributed by atoms with E-state index >= 15 is 0 Å². The van der Waals surface area contributed by atoms with Crippen molar-refractivity contribution in [1.29, 1.82) is 0 Å². The predicted octanol–water partition coefficient (Wildman–Crippen LogP) is 0.454. The van der Waals surface area contributed by atoms with Crippen LogP contribution in [0.15, 0.2) is 4.99 Å². The Morgan fingerprint density at radius 1 is 1.92 bits per heavy atom. The van der Waals surface area contributed by atoms with Crippen LogP contribution in [-0.2, 0) is 9.53 Å². The molecule has 5 nitrogen and oxygen atoms in total. The van der Waals surface area contributed by atoms with Crippen LogP contribution in [0.25, 0.3) is 5.53 Å². The van der Waals surface area contributed by atoms with Gasteiger partial charge in [-0.3, -0.25) is 4.99 Å². The molecule has 0 bridgehead atoms. The minimum absolute atomic E-state index is 0.302. The maximum absolute atomic E-state index is 11.2. The first-order chi connectivity index (χ1) is 6.27. The number of rotatable bonds is 3. The number of nitrogens with zero attached hydrogens (tertiary/aromatic N) is 3. The van der Waals surface area contributed by atoms with E-state index in [1.54, 1.807) is 6.92 Å². The summed E-state index contributed by atoms with van der Waals surface area (Å²) in [6, 6.07) is -0.409. The fraction of sp³-hybridized carbons (Fsp3) is 0.625. The number of esters is 1. The summed E-state index contributed by atoms with van der Waals surface area (Å²) in [4.78, 5) is 18.0. The van der Waals surface area contributed by atoms with Crippen molar-refractivity contribution in [3.05, 3.63) is 5.53 Å². The Labute approximate surface area is 76.0 Å². The van der Waals surface area contributed by atoms with Crippen molar-refractivity contribution in [2.24, 2.45) is 4.99 Å². The Balaban J connectivity index is 2.56. The van der Waals surface area contributed by atoms with Gasteiger partial charge in [-0.25, -0.2) is 4.79 Å². The summed E-state index contributed by atoms with van der Waals surface area (Å²) in [6.45, 7) is 2.13. The zero-order chi connectivity index (χ0) is 9.68. The second kappa shape index (κ2) is 4.52. The lowest BCUT2D eigenvalue weighted by atomic mass is 10.2. The molecule has 13 heavy (non-hydrogen) atoms. The van der Waals surface area contributed by atoms with Crippen molar-refractivity contribution in [2.75, 3.05) is 6.61 Å². The Hall–Kier alpha value is -1.48. The first kappa shape index (κ1) is 9.61. The lowest BCUT2D eigenvalue weighted by Crippen LogP contribution is -2.18. The average molecular weight is 181 g/mol. The molecular formula is C8H11N3O2. The second-order valence-corrected chi connectivity index (χ2v) is 2.67. The molecule has 1 aliphatic rings. The molecule has 0 amide bonds. The number of aliphatic imine (C=N–C) groups is 1. The van der Waals surface area contributed by atoms with Gasteiger partial charge in [-0.2, -0.15) is 4.79 Å². The van der Waals surface area contributed by atoms with Crippen molar-refractivity contribution in [3.8, 4) is 0 Å². The van der Waals surface area contributed by atoms with Gasteiger partial charge in [0.1, 0.15) is 11.8 Å². The van der Waals surface area contributed by atoms with Gasteiger partial charge in [-0.05, 0) is 19.8 Å². The van der Waals surface area contributed by atoms with Gasteiger partial charge in [0.25, 0.3) is 0 Å². The summed E-state index contributed by atoms with van der Waals surface area (Å²) in [5.74, 6) is -0.302. The topological polar surface area (TPSA) is 75.1 Å². The van der Waals surface area contributed by atoms with Gasteiger partial charge in [0, 0.05) is 0 Å². The molecule has 0 aromatic heterocycles. The molecule has 5 heteroatoms. The Morgan fingerprint density at radius 3 is 3.31 bits per heavy atom. The SMILES string of the molecule is CCOC(=O)C1CCC(C=[N+]=[N-])=N1. The summed E-state index contributed by atoms with van der Waals surface area (Å²) in [5, 5.41) is 0. The van der Waals surface area contributed by atoms with Gasteiger partial charge in [0.05, 0.1) is 6.61 Å². The highest BCUT2D eigenvalue weighted by atomic mass is 16.5. The highest BCUT2D eigenvalue weighted by Crippen LogP contribution is 2.13. The van der Waals surface area contributed by atoms with Crippen LogP contribution in [0.2, 0.25) is 0 Å². The third kappa shape index (κ3) is 2.49. The number of hydrogen-bond acceptors (Lipinski definition) is 3. The quantitative estimate of drug-likeness (QED) is 0.274. The van der Waals surface area contributed by atoms with E-state index in [0.717, 1.165) is 0 Å². The van der Waals surface area contributed by atoms with E-state index in [1.807, 2.05) is 0 Å². The molecule has 0 aromatic carbocycles. The first-order valence-corrected chi connectivity index (χ1v) is 4.18. The Bertz CT molecular complexity index is 279. The summed E-state index contributed by atoms with van der Waals surface area (Å²) < 4.78 is 4.80. The minimum Gasteiger partial charge on any atom is -0.464 e. The van der Waals surface area contributed by atoms with Gasteiger partial charge >= 0.3 is 12.2 Å². The summed E-state index contributed by atoms with van der Waals surface area (Å²) in [6.07, 6.45) is 2.55. The second-order valence-electron chi connectivity index (χ2n) is 2.67. The first-order valence-electron chi connectivity index (χ1n) is 4.18. The molecule has 0 aliphatic carbocycles. The third-order valence-electron chi connectivity index (χ3n) is 1.76. The van der Waals surface area contributed by atoms with Crippen LogP contribution in [0.4, 0.5) is 0 Å². The fourth-order valence-corrected chi connectivity index (χ4v) is 1.19. The van der Waals surface area contributed by atoms with Crippen molar-refractivity contribution in [1.82, 2.24) is 0 Å². The van der Waals surface area contributed by atoms with Gasteiger partial charge in [0.15, 0.2) is 0 Å². The van der Waals surface area contributed by atoms with Gasteiger partial charge < -0.3 is 10.3 Å². The Kier molecular flexibility index (Phi) is 3.34. The zero-order valence-corrected chi connectivity index (χ0v) is 7.43. The van der Waals surface area contributed by atoms with Crippen LogP contribution in [0.5, 0.6) is 0 Å². The third-order valence-corrected chi connectivity index (χ3v) is 1.76. The molecule has 70 valence electrons. The van der Waals surface area contributed by atoms with E-state index < -0.39 is 6.04 Å². The zero-order valence-electron chi connectivity index (χ0n) is 7.43. The van der Waals surface area contributed by atoms with Crippen molar-refractivity contribution in [3.63, 3.8) is 0 Å². The lowest BCUT2D eigenvalue weighted by Gasteiger charge is -2.04. The molecule has 0 radical (unpaired) electrons. The molecular weight excluding hydrogens is 170 g/mol. The van der Waals surface area contributed by atoms with E-state index in [2.05, 4.69) is 9.78 Å². The van der Waals surface area contributed by atoms with E-state index in [1.165, 1.54) is 6.21 Å². The van der Waals surface area contributed by atoms with Crippen LogP contribution >= 0.6 is 0 Å². The molecule has 1 heterocycles. The van der Waals surface area contributed by atoms with Crippen molar-refractivity contribution < 1.29 is 14.3 Å². The monoisotopic (exact) mass is 181 g/mol. The molecule has 1 unspecified atom stereocenters. The molecule has 0 aromatic rings. The predicted molar refractivity (Wildman–Crippen MR) is 46.8 cm³/mol. The van der Waals surface area contributed by atoms with E-state index in [4.69, 9.17) is 10.3 Å². The van der Waals surface area contributed by atoms with Gasteiger partial charge in [-0.15, -0.1) is 0 Å². The van der Waals surface area contributed by atoms with Gasteiger partial charge in [-0.1, -0.05) is 0 Å². The normalized spacial score (nSPS) is 20.4. The molecule has 1 atom stereocenters. The van der Waals surface area contributed by atoms with Crippen LogP contribution in [0, 0.1) is 0 Å². The number of carbonyl (C=O) groups excluding carboxylic acids is 1. The molecule has 0 N–H and O–H groups in total. The number of hydrogen-bond donors (Lipinski definition) is 0. The standard InChI is InChI=1S/C8H11N3O2/c1-2-13-8(12)7-4-3-6(11-7)5-10-9/h5,7H,2-4H2,1H3. The minimum atomic E-state index is -0.409. The molecule has 1 rings (SSSR count). The largest absolute Gasteiger partial charge is 0.464 e. The van der Waals surface area contributed by atoms with Crippen LogP contribution < -0.4 is 0 Å². The van der Waals surface area contributed by atoms with Crippen LogP contribution in [0.1, 0.15) is 19.8 Å². The maximum Gasteiger partial charge on any atom is 0.330 e. The smallest absolute Gasteiger partial charge is 0.330 e. The number of carbonyl (C=O) groups is 1. The highest BCUT2D eigenvalue weighted by molar-refractivity contribution is 6.29. The fourth-order valence-electron chi connectivity index (χ4n) is 1.19. The number of ether oxygens (including phenoxy) is 1. The average Bonchev–Trinajstić information content (AvgIpc) is 2.54. The summed E-state index contributed by atoms with van der Waals surface area (Å²) in [7, 11) is 0. The molecule has 0 spiro atoms. The van der Waals surface area contributed by atoms with E-state index in [0.29, 0.717) is 25.2 Å². The summed E-state index contributed by atoms with van der Waals surface area (Å²) in [5.41, 5.74) is 8.87. The maximum atomic E-state index is 11.2. The Morgan fingerprint density at radius 2 is 2.69 bits per heavy atom. The molecule has 0 fully saturated rings. The highest BCUT2D eigenvalue weighted by Gasteiger charge is 2.25. The summed E-state index contributed by atoms with van der Waals surface area (Å²) >= 11 is 0. The van der Waals surface area contributed by atoms with Crippen molar-refractivity contribution >= 4 is 17.9 Å². The van der Waals surface area contributed by atoms with E-state index in [-0.39, 0.29) is 5.97 Å². The van der Waals surface area contributed by atoms with Crippen LogP contribution in [-0.4, -0.2) is 35.3 Å². The molecule has 1 aliphatic heterocycles.